The van der Waals surface area contributed by atoms with Gasteiger partial charge < -0.3 is 15.6 Å². The summed E-state index contributed by atoms with van der Waals surface area (Å²) in [6, 6.07) is 3.90. The van der Waals surface area contributed by atoms with Crippen molar-refractivity contribution in [3.05, 3.63) is 52.1 Å². The van der Waals surface area contributed by atoms with Crippen molar-refractivity contribution in [2.45, 2.75) is 6.42 Å². The number of anilines is 1. The standard InChI is InChI=1S/C13H15N5O3/c1-17-7-6-15-12(17)4-5-16-13(19)9-2-3-11(18(20)21)10(14)8-9/h2-3,6-8H,4-5,14H2,1H3,(H,16,19). The van der Waals surface area contributed by atoms with E-state index in [1.165, 1.54) is 18.2 Å². The second-order valence-corrected chi connectivity index (χ2v) is 4.49. The maximum atomic E-state index is 11.9. The first-order valence-electron chi connectivity index (χ1n) is 6.27. The smallest absolute Gasteiger partial charge is 0.292 e. The molecular formula is C13H15N5O3. The van der Waals surface area contributed by atoms with Crippen molar-refractivity contribution in [3.63, 3.8) is 0 Å². The van der Waals surface area contributed by atoms with E-state index in [1.807, 2.05) is 17.8 Å². The van der Waals surface area contributed by atoms with Crippen LogP contribution in [0.5, 0.6) is 0 Å². The zero-order valence-corrected chi connectivity index (χ0v) is 11.4. The fourth-order valence-corrected chi connectivity index (χ4v) is 1.89. The Hall–Kier alpha value is -2.90. The molecule has 8 heteroatoms. The summed E-state index contributed by atoms with van der Waals surface area (Å²) in [6.45, 7) is 0.417. The number of nitrogens with two attached hydrogens (primary N) is 1. The maximum absolute atomic E-state index is 11.9. The van der Waals surface area contributed by atoms with Gasteiger partial charge in [-0.1, -0.05) is 0 Å². The molecule has 1 aromatic carbocycles. The molecule has 1 amide bonds. The van der Waals surface area contributed by atoms with Crippen molar-refractivity contribution < 1.29 is 9.72 Å². The van der Waals surface area contributed by atoms with Gasteiger partial charge in [-0.15, -0.1) is 0 Å². The van der Waals surface area contributed by atoms with Crippen LogP contribution < -0.4 is 11.1 Å². The van der Waals surface area contributed by atoms with Crippen molar-refractivity contribution in [1.82, 2.24) is 14.9 Å². The Morgan fingerprint density at radius 3 is 2.86 bits per heavy atom. The zero-order chi connectivity index (χ0) is 15.4. The lowest BCUT2D eigenvalue weighted by Gasteiger charge is -2.06. The van der Waals surface area contributed by atoms with Gasteiger partial charge in [0.05, 0.1) is 4.92 Å². The first-order valence-corrected chi connectivity index (χ1v) is 6.27. The Balaban J connectivity index is 1.96. The molecule has 0 saturated heterocycles. The Bertz CT molecular complexity index is 680. The Morgan fingerprint density at radius 1 is 1.52 bits per heavy atom. The summed E-state index contributed by atoms with van der Waals surface area (Å²) in [5, 5.41) is 13.4. The van der Waals surface area contributed by atoms with Crippen LogP contribution in [0.25, 0.3) is 0 Å². The molecule has 1 heterocycles. The van der Waals surface area contributed by atoms with Crippen molar-refractivity contribution in [1.29, 1.82) is 0 Å². The SMILES string of the molecule is Cn1ccnc1CCNC(=O)c1ccc([N+](=O)[O-])c(N)c1. The number of aryl methyl sites for hydroxylation is 1. The summed E-state index contributed by atoms with van der Waals surface area (Å²) in [4.78, 5) is 26.1. The molecule has 0 aliphatic rings. The van der Waals surface area contributed by atoms with Gasteiger partial charge in [0.15, 0.2) is 0 Å². The highest BCUT2D eigenvalue weighted by molar-refractivity contribution is 5.95. The van der Waals surface area contributed by atoms with Crippen LogP contribution >= 0.6 is 0 Å². The quantitative estimate of drug-likeness (QED) is 0.481. The summed E-state index contributed by atoms with van der Waals surface area (Å²) in [5.41, 5.74) is 5.60. The van der Waals surface area contributed by atoms with Gasteiger partial charge in [-0.3, -0.25) is 14.9 Å². The number of nitro groups is 1. The predicted molar refractivity (Wildman–Crippen MR) is 76.8 cm³/mol. The van der Waals surface area contributed by atoms with Crippen molar-refractivity contribution in [2.24, 2.45) is 7.05 Å². The third-order valence-electron chi connectivity index (χ3n) is 3.04. The molecule has 3 N–H and O–H groups in total. The summed E-state index contributed by atoms with van der Waals surface area (Å²) in [7, 11) is 1.88. The number of benzene rings is 1. The largest absolute Gasteiger partial charge is 0.393 e. The fraction of sp³-hybridized carbons (Fsp3) is 0.231. The van der Waals surface area contributed by atoms with Crippen LogP contribution in [0, 0.1) is 10.1 Å². The first-order chi connectivity index (χ1) is 9.99. The summed E-state index contributed by atoms with van der Waals surface area (Å²) in [6.07, 6.45) is 4.11. The topological polar surface area (TPSA) is 116 Å². The molecule has 0 radical (unpaired) electrons. The summed E-state index contributed by atoms with van der Waals surface area (Å²) < 4.78 is 1.87. The molecule has 0 unspecified atom stereocenters. The number of amides is 1. The van der Waals surface area contributed by atoms with Gasteiger partial charge in [0, 0.05) is 44.0 Å². The number of nitrogen functional groups attached to an aromatic ring is 1. The average Bonchev–Trinajstić information content (AvgIpc) is 2.83. The number of carbonyl (C=O) groups excluding carboxylic acids is 1. The molecule has 0 bridgehead atoms. The Morgan fingerprint density at radius 2 is 2.29 bits per heavy atom. The van der Waals surface area contributed by atoms with Crippen molar-refractivity contribution in [2.75, 3.05) is 12.3 Å². The van der Waals surface area contributed by atoms with Gasteiger partial charge in [-0.2, -0.15) is 0 Å². The van der Waals surface area contributed by atoms with Crippen LogP contribution in [-0.2, 0) is 13.5 Å². The lowest BCUT2D eigenvalue weighted by molar-refractivity contribution is -0.383. The number of hydrogen-bond acceptors (Lipinski definition) is 5. The van der Waals surface area contributed by atoms with E-state index in [0.717, 1.165) is 5.82 Å². The zero-order valence-electron chi connectivity index (χ0n) is 11.4. The van der Waals surface area contributed by atoms with Gasteiger partial charge in [0.1, 0.15) is 11.5 Å². The van der Waals surface area contributed by atoms with Crippen molar-refractivity contribution in [3.8, 4) is 0 Å². The minimum atomic E-state index is -0.585. The van der Waals surface area contributed by atoms with Crippen LogP contribution in [0.2, 0.25) is 0 Å². The van der Waals surface area contributed by atoms with Crippen LogP contribution in [0.3, 0.4) is 0 Å². The van der Waals surface area contributed by atoms with E-state index >= 15 is 0 Å². The molecular weight excluding hydrogens is 274 g/mol. The minimum absolute atomic E-state index is 0.0308. The summed E-state index contributed by atoms with van der Waals surface area (Å²) >= 11 is 0. The lowest BCUT2D eigenvalue weighted by Crippen LogP contribution is -2.26. The number of carbonyl (C=O) groups is 1. The number of hydrogen-bond donors (Lipinski definition) is 2. The minimum Gasteiger partial charge on any atom is -0.393 e. The highest BCUT2D eigenvalue weighted by Crippen LogP contribution is 2.21. The molecule has 0 fully saturated rings. The maximum Gasteiger partial charge on any atom is 0.292 e. The van der Waals surface area contributed by atoms with Crippen LogP contribution in [0.1, 0.15) is 16.2 Å². The molecule has 21 heavy (non-hydrogen) atoms. The van der Waals surface area contributed by atoms with E-state index < -0.39 is 4.92 Å². The van der Waals surface area contributed by atoms with Gasteiger partial charge in [-0.25, -0.2) is 4.98 Å². The second-order valence-electron chi connectivity index (χ2n) is 4.49. The van der Waals surface area contributed by atoms with Crippen molar-refractivity contribution >= 4 is 17.3 Å². The summed E-state index contributed by atoms with van der Waals surface area (Å²) in [5.74, 6) is 0.532. The highest BCUT2D eigenvalue weighted by atomic mass is 16.6. The number of nitrogens with zero attached hydrogens (tertiary/aromatic N) is 3. The highest BCUT2D eigenvalue weighted by Gasteiger charge is 2.14. The molecule has 0 aliphatic carbocycles. The molecule has 1 aromatic heterocycles. The average molecular weight is 289 g/mol. The number of nitro benzene ring substituents is 1. The molecule has 0 spiro atoms. The van der Waals surface area contributed by atoms with Crippen LogP contribution in [0.15, 0.2) is 30.6 Å². The van der Waals surface area contributed by atoms with Gasteiger partial charge >= 0.3 is 0 Å². The Labute approximate surface area is 120 Å². The fourth-order valence-electron chi connectivity index (χ4n) is 1.89. The molecule has 0 saturated carbocycles. The molecule has 2 rings (SSSR count). The number of imidazole rings is 1. The lowest BCUT2D eigenvalue weighted by atomic mass is 10.1. The normalized spacial score (nSPS) is 10.3. The van der Waals surface area contributed by atoms with Gasteiger partial charge in [-0.05, 0) is 12.1 Å². The monoisotopic (exact) mass is 289 g/mol. The van der Waals surface area contributed by atoms with E-state index in [4.69, 9.17) is 5.73 Å². The number of nitrogens with one attached hydrogen (secondary N) is 1. The number of aromatic nitrogens is 2. The molecule has 110 valence electrons. The van der Waals surface area contributed by atoms with E-state index in [1.54, 1.807) is 6.20 Å². The van der Waals surface area contributed by atoms with E-state index in [9.17, 15) is 14.9 Å². The molecule has 2 aromatic rings. The first kappa shape index (κ1) is 14.5. The van der Waals surface area contributed by atoms with E-state index in [0.29, 0.717) is 13.0 Å². The predicted octanol–water partition coefficient (Wildman–Crippen LogP) is 0.883. The molecule has 8 nitrogen and oxygen atoms in total. The Kier molecular flexibility index (Phi) is 4.17. The number of rotatable bonds is 5. The van der Waals surface area contributed by atoms with E-state index in [-0.39, 0.29) is 22.8 Å². The van der Waals surface area contributed by atoms with Gasteiger partial charge in [0.2, 0.25) is 0 Å². The third-order valence-corrected chi connectivity index (χ3v) is 3.04. The third kappa shape index (κ3) is 3.35. The molecule has 0 atom stereocenters. The van der Waals surface area contributed by atoms with E-state index in [2.05, 4.69) is 10.3 Å². The van der Waals surface area contributed by atoms with Crippen LogP contribution in [-0.4, -0.2) is 26.9 Å². The second kappa shape index (κ2) is 6.04. The van der Waals surface area contributed by atoms with Crippen LogP contribution in [0.4, 0.5) is 11.4 Å². The van der Waals surface area contributed by atoms with Gasteiger partial charge in [0.25, 0.3) is 11.6 Å². The molecule has 0 aliphatic heterocycles.